The predicted octanol–water partition coefficient (Wildman–Crippen LogP) is 2.36. The Bertz CT molecular complexity index is 680. The van der Waals surface area contributed by atoms with E-state index in [0.29, 0.717) is 11.3 Å². The van der Waals surface area contributed by atoms with Gasteiger partial charge in [-0.2, -0.15) is 5.10 Å². The van der Waals surface area contributed by atoms with E-state index in [0.717, 1.165) is 10.9 Å². The smallest absolute Gasteiger partial charge is 0.288 e. The van der Waals surface area contributed by atoms with Crippen LogP contribution in [-0.4, -0.2) is 14.8 Å². The fraction of sp³-hybridized carbons (Fsp3) is 0.571. The summed E-state index contributed by atoms with van der Waals surface area (Å²) >= 11 is 0. The van der Waals surface area contributed by atoms with Gasteiger partial charge in [-0.3, -0.25) is 4.79 Å². The average Bonchev–Trinajstić information content (AvgIpc) is 2.63. The molecule has 0 aliphatic rings. The van der Waals surface area contributed by atoms with Crippen molar-refractivity contribution in [3.05, 3.63) is 22.1 Å². The third-order valence-corrected chi connectivity index (χ3v) is 3.29. The van der Waals surface area contributed by atoms with Gasteiger partial charge in [-0.05, 0) is 31.7 Å². The second-order valence-electron chi connectivity index (χ2n) is 7.00. The number of nitrogens with zero attached hydrogens (tertiary/aromatic N) is 2. The summed E-state index contributed by atoms with van der Waals surface area (Å²) < 4.78 is 1.99. The SMILES string of the molecule is CC(C)(C)c1cn(C(C)(C)C)c2c(=O)[nH]nc(N)c12. The van der Waals surface area contributed by atoms with Gasteiger partial charge in [0.1, 0.15) is 5.52 Å². The molecule has 2 aromatic rings. The maximum Gasteiger partial charge on any atom is 0.288 e. The first-order valence-electron chi connectivity index (χ1n) is 6.43. The number of nitrogen functional groups attached to an aromatic ring is 1. The molecule has 0 spiro atoms. The van der Waals surface area contributed by atoms with Gasteiger partial charge in [-0.25, -0.2) is 5.10 Å². The van der Waals surface area contributed by atoms with E-state index in [-0.39, 0.29) is 16.5 Å². The van der Waals surface area contributed by atoms with Gasteiger partial charge in [0.2, 0.25) is 0 Å². The average molecular weight is 262 g/mol. The summed E-state index contributed by atoms with van der Waals surface area (Å²) in [4.78, 5) is 12.1. The van der Waals surface area contributed by atoms with Crippen LogP contribution in [0.5, 0.6) is 0 Å². The van der Waals surface area contributed by atoms with Crippen LogP contribution in [0.1, 0.15) is 47.1 Å². The van der Waals surface area contributed by atoms with Crippen molar-refractivity contribution < 1.29 is 0 Å². The van der Waals surface area contributed by atoms with Crippen LogP contribution in [0.3, 0.4) is 0 Å². The van der Waals surface area contributed by atoms with Crippen molar-refractivity contribution >= 4 is 16.7 Å². The number of nitrogens with two attached hydrogens (primary N) is 1. The summed E-state index contributed by atoms with van der Waals surface area (Å²) in [6, 6.07) is 0. The zero-order chi connectivity index (χ0) is 14.6. The minimum Gasteiger partial charge on any atom is -0.382 e. The molecular formula is C14H22N4O. The molecule has 19 heavy (non-hydrogen) atoms. The molecule has 2 aromatic heterocycles. The van der Waals surface area contributed by atoms with Crippen LogP contribution in [0, 0.1) is 0 Å². The molecule has 0 atom stereocenters. The maximum atomic E-state index is 12.1. The molecule has 0 aromatic carbocycles. The quantitative estimate of drug-likeness (QED) is 0.765. The van der Waals surface area contributed by atoms with Gasteiger partial charge in [0.25, 0.3) is 5.56 Å². The van der Waals surface area contributed by atoms with Crippen LogP contribution in [0.2, 0.25) is 0 Å². The first-order chi connectivity index (χ1) is 8.53. The van der Waals surface area contributed by atoms with Crippen molar-refractivity contribution in [2.24, 2.45) is 0 Å². The zero-order valence-electron chi connectivity index (χ0n) is 12.5. The van der Waals surface area contributed by atoms with Gasteiger partial charge in [-0.15, -0.1) is 0 Å². The van der Waals surface area contributed by atoms with Crippen LogP contribution in [0.4, 0.5) is 5.82 Å². The number of aromatic amines is 1. The second-order valence-corrected chi connectivity index (χ2v) is 7.00. The number of rotatable bonds is 0. The number of H-pyrrole nitrogens is 1. The van der Waals surface area contributed by atoms with Crippen molar-refractivity contribution in [1.29, 1.82) is 0 Å². The fourth-order valence-corrected chi connectivity index (χ4v) is 2.31. The molecule has 0 aliphatic carbocycles. The van der Waals surface area contributed by atoms with E-state index in [1.165, 1.54) is 0 Å². The topological polar surface area (TPSA) is 76.7 Å². The molecule has 104 valence electrons. The van der Waals surface area contributed by atoms with Gasteiger partial charge < -0.3 is 10.3 Å². The minimum atomic E-state index is -0.199. The Morgan fingerprint density at radius 3 is 2.26 bits per heavy atom. The largest absolute Gasteiger partial charge is 0.382 e. The molecule has 0 saturated carbocycles. The molecule has 3 N–H and O–H groups in total. The summed E-state index contributed by atoms with van der Waals surface area (Å²) in [5, 5.41) is 7.14. The minimum absolute atomic E-state index is 0.0989. The van der Waals surface area contributed by atoms with E-state index >= 15 is 0 Å². The number of fused-ring (bicyclic) bond motifs is 1. The molecule has 5 nitrogen and oxygen atoms in total. The van der Waals surface area contributed by atoms with Crippen LogP contribution >= 0.6 is 0 Å². The third kappa shape index (κ3) is 2.13. The first-order valence-corrected chi connectivity index (χ1v) is 6.43. The van der Waals surface area contributed by atoms with E-state index in [9.17, 15) is 4.79 Å². The van der Waals surface area contributed by atoms with E-state index in [4.69, 9.17) is 5.73 Å². The van der Waals surface area contributed by atoms with Crippen LogP contribution < -0.4 is 11.3 Å². The lowest BCUT2D eigenvalue weighted by molar-refractivity contribution is 0.407. The lowest BCUT2D eigenvalue weighted by atomic mass is 9.87. The predicted molar refractivity (Wildman–Crippen MR) is 78.5 cm³/mol. The maximum absolute atomic E-state index is 12.1. The van der Waals surface area contributed by atoms with Crippen molar-refractivity contribution in [3.63, 3.8) is 0 Å². The highest BCUT2D eigenvalue weighted by atomic mass is 16.1. The normalized spacial score (nSPS) is 13.2. The number of nitrogens with one attached hydrogen (secondary N) is 1. The molecular weight excluding hydrogens is 240 g/mol. The van der Waals surface area contributed by atoms with E-state index in [2.05, 4.69) is 51.7 Å². The Labute approximate surface area is 112 Å². The number of anilines is 1. The standard InChI is InChI=1S/C14H22N4O/c1-13(2,3)8-7-18(14(4,5)6)10-9(8)11(15)16-17-12(10)19/h7H,1-6H3,(H2,15,16)(H,17,19). The summed E-state index contributed by atoms with van der Waals surface area (Å²) in [6.07, 6.45) is 2.03. The highest BCUT2D eigenvalue weighted by Crippen LogP contribution is 2.35. The molecule has 0 fully saturated rings. The molecule has 5 heteroatoms. The molecule has 0 radical (unpaired) electrons. The second kappa shape index (κ2) is 3.85. The summed E-state index contributed by atoms with van der Waals surface area (Å²) in [5.41, 5.74) is 7.15. The number of hydrogen-bond donors (Lipinski definition) is 2. The zero-order valence-corrected chi connectivity index (χ0v) is 12.5. The van der Waals surface area contributed by atoms with E-state index in [1.807, 2.05) is 10.8 Å². The van der Waals surface area contributed by atoms with E-state index in [1.54, 1.807) is 0 Å². The van der Waals surface area contributed by atoms with Crippen molar-refractivity contribution in [2.75, 3.05) is 5.73 Å². The Hall–Kier alpha value is -1.78. The fourth-order valence-electron chi connectivity index (χ4n) is 2.31. The van der Waals surface area contributed by atoms with Crippen LogP contribution in [0.25, 0.3) is 10.9 Å². The van der Waals surface area contributed by atoms with Gasteiger partial charge in [-0.1, -0.05) is 20.8 Å². The van der Waals surface area contributed by atoms with Crippen LogP contribution in [0.15, 0.2) is 11.0 Å². The first kappa shape index (κ1) is 13.6. The summed E-state index contributed by atoms with van der Waals surface area (Å²) in [7, 11) is 0. The number of aromatic nitrogens is 3. The number of hydrogen-bond acceptors (Lipinski definition) is 3. The summed E-state index contributed by atoms with van der Waals surface area (Å²) in [6.45, 7) is 12.5. The Kier molecular flexibility index (Phi) is 2.77. The molecule has 0 amide bonds. The molecule has 0 unspecified atom stereocenters. The van der Waals surface area contributed by atoms with Crippen molar-refractivity contribution in [2.45, 2.75) is 52.5 Å². The van der Waals surface area contributed by atoms with Gasteiger partial charge >= 0.3 is 0 Å². The molecule has 0 saturated heterocycles. The van der Waals surface area contributed by atoms with Gasteiger partial charge in [0, 0.05) is 11.7 Å². The monoisotopic (exact) mass is 262 g/mol. The molecule has 0 aliphatic heterocycles. The van der Waals surface area contributed by atoms with Crippen molar-refractivity contribution in [3.8, 4) is 0 Å². The molecule has 0 bridgehead atoms. The van der Waals surface area contributed by atoms with Gasteiger partial charge in [0.05, 0.1) is 5.39 Å². The van der Waals surface area contributed by atoms with Gasteiger partial charge in [0.15, 0.2) is 5.82 Å². The third-order valence-electron chi connectivity index (χ3n) is 3.29. The highest BCUT2D eigenvalue weighted by molar-refractivity contribution is 5.92. The lowest BCUT2D eigenvalue weighted by Gasteiger charge is -2.22. The molecule has 2 rings (SSSR count). The van der Waals surface area contributed by atoms with Crippen LogP contribution in [-0.2, 0) is 11.0 Å². The van der Waals surface area contributed by atoms with Crippen molar-refractivity contribution in [1.82, 2.24) is 14.8 Å². The summed E-state index contributed by atoms with van der Waals surface area (Å²) in [5.74, 6) is 0.377. The Morgan fingerprint density at radius 1 is 1.21 bits per heavy atom. The highest BCUT2D eigenvalue weighted by Gasteiger charge is 2.27. The molecule has 2 heterocycles. The Morgan fingerprint density at radius 2 is 1.79 bits per heavy atom. The Balaban J connectivity index is 3.03. The lowest BCUT2D eigenvalue weighted by Crippen LogP contribution is -2.24. The van der Waals surface area contributed by atoms with E-state index < -0.39 is 0 Å².